The first-order valence-electron chi connectivity index (χ1n) is 9.24. The number of likely N-dealkylation sites (N-methyl/N-ethyl adjacent to an activating group) is 1. The van der Waals surface area contributed by atoms with Crippen molar-refractivity contribution < 1.29 is 22.6 Å². The topological polar surface area (TPSA) is 49.3 Å². The van der Waals surface area contributed by atoms with Crippen molar-refractivity contribution in [3.63, 3.8) is 0 Å². The third-order valence-electron chi connectivity index (χ3n) is 4.12. The standard InChI is InChI=1S/C17H33F3N4O2.HI/c1-4-21-16(22-8-11-23(2)14-17(18,19)20)24-9-6-15(7-10-24)26-13-5-12-25-3;/h15H,4-14H2,1-3H3,(H,21,22);1H. The molecule has 1 N–H and O–H groups in total. The van der Waals surface area contributed by atoms with Crippen molar-refractivity contribution >= 4 is 29.9 Å². The predicted octanol–water partition coefficient (Wildman–Crippen LogP) is 2.58. The zero-order valence-corrected chi connectivity index (χ0v) is 18.9. The number of hydrogen-bond donors (Lipinski definition) is 1. The smallest absolute Gasteiger partial charge is 0.385 e. The number of aliphatic imine (C=N–C) groups is 1. The summed E-state index contributed by atoms with van der Waals surface area (Å²) in [6, 6.07) is 0. The summed E-state index contributed by atoms with van der Waals surface area (Å²) in [7, 11) is 3.14. The molecule has 0 aromatic heterocycles. The number of halogens is 4. The van der Waals surface area contributed by atoms with Gasteiger partial charge in [0.1, 0.15) is 0 Å². The van der Waals surface area contributed by atoms with Gasteiger partial charge in [-0.1, -0.05) is 0 Å². The Bertz CT molecular complexity index is 406. The summed E-state index contributed by atoms with van der Waals surface area (Å²) in [6.45, 7) is 5.48. The Labute approximate surface area is 177 Å². The summed E-state index contributed by atoms with van der Waals surface area (Å²) in [5, 5.41) is 3.23. The minimum Gasteiger partial charge on any atom is -0.385 e. The molecule has 0 bridgehead atoms. The highest BCUT2D eigenvalue weighted by Crippen LogP contribution is 2.16. The van der Waals surface area contributed by atoms with E-state index in [4.69, 9.17) is 9.47 Å². The maximum absolute atomic E-state index is 12.4. The Balaban J connectivity index is 0.00000676. The van der Waals surface area contributed by atoms with E-state index in [1.54, 1.807) is 7.11 Å². The summed E-state index contributed by atoms with van der Waals surface area (Å²) < 4.78 is 47.9. The van der Waals surface area contributed by atoms with E-state index in [1.165, 1.54) is 11.9 Å². The van der Waals surface area contributed by atoms with E-state index in [-0.39, 0.29) is 36.6 Å². The first-order valence-corrected chi connectivity index (χ1v) is 9.24. The van der Waals surface area contributed by atoms with Crippen molar-refractivity contribution in [1.29, 1.82) is 0 Å². The van der Waals surface area contributed by atoms with Gasteiger partial charge in [0.15, 0.2) is 5.96 Å². The van der Waals surface area contributed by atoms with Crippen molar-refractivity contribution in [2.75, 3.05) is 66.6 Å². The fourth-order valence-electron chi connectivity index (χ4n) is 2.83. The average Bonchev–Trinajstić information content (AvgIpc) is 2.57. The van der Waals surface area contributed by atoms with E-state index in [2.05, 4.69) is 15.2 Å². The van der Waals surface area contributed by atoms with Gasteiger partial charge in [-0.3, -0.25) is 9.89 Å². The number of hydrogen-bond acceptors (Lipinski definition) is 4. The van der Waals surface area contributed by atoms with Gasteiger partial charge in [0, 0.05) is 46.5 Å². The molecule has 0 atom stereocenters. The van der Waals surface area contributed by atoms with Gasteiger partial charge in [0.2, 0.25) is 0 Å². The second-order valence-electron chi connectivity index (χ2n) is 6.49. The Morgan fingerprint density at radius 1 is 1.26 bits per heavy atom. The van der Waals surface area contributed by atoms with Gasteiger partial charge in [-0.25, -0.2) is 0 Å². The number of alkyl halides is 3. The zero-order chi connectivity index (χ0) is 19.4. The minimum absolute atomic E-state index is 0. The van der Waals surface area contributed by atoms with Crippen LogP contribution < -0.4 is 5.32 Å². The number of piperidine rings is 1. The molecule has 27 heavy (non-hydrogen) atoms. The second kappa shape index (κ2) is 14.6. The molecule has 0 aromatic rings. The van der Waals surface area contributed by atoms with Gasteiger partial charge in [-0.15, -0.1) is 24.0 Å². The first kappa shape index (κ1) is 26.7. The third-order valence-corrected chi connectivity index (χ3v) is 4.12. The molecule has 0 aromatic carbocycles. The highest BCUT2D eigenvalue weighted by atomic mass is 127. The highest BCUT2D eigenvalue weighted by molar-refractivity contribution is 14.0. The van der Waals surface area contributed by atoms with Crippen LogP contribution in [0.3, 0.4) is 0 Å². The number of guanidine groups is 1. The monoisotopic (exact) mass is 510 g/mol. The van der Waals surface area contributed by atoms with E-state index >= 15 is 0 Å². The Hall–Kier alpha value is -0.330. The van der Waals surface area contributed by atoms with Crippen molar-refractivity contribution in [2.24, 2.45) is 4.99 Å². The van der Waals surface area contributed by atoms with E-state index in [9.17, 15) is 13.2 Å². The number of rotatable bonds is 10. The maximum atomic E-state index is 12.4. The first-order chi connectivity index (χ1) is 12.4. The Morgan fingerprint density at radius 2 is 1.93 bits per heavy atom. The second-order valence-corrected chi connectivity index (χ2v) is 6.49. The summed E-state index contributed by atoms with van der Waals surface area (Å²) in [6.07, 6.45) is -1.18. The summed E-state index contributed by atoms with van der Waals surface area (Å²) >= 11 is 0. The molecule has 1 fully saturated rings. The summed E-state index contributed by atoms with van der Waals surface area (Å²) in [4.78, 5) is 7.88. The molecular formula is C17H34F3IN4O2. The van der Waals surface area contributed by atoms with Gasteiger partial charge in [-0.2, -0.15) is 13.2 Å². The van der Waals surface area contributed by atoms with Crippen molar-refractivity contribution in [3.8, 4) is 0 Å². The molecular weight excluding hydrogens is 476 g/mol. The van der Waals surface area contributed by atoms with Crippen molar-refractivity contribution in [2.45, 2.75) is 38.5 Å². The molecule has 1 saturated heterocycles. The quantitative estimate of drug-likeness (QED) is 0.212. The lowest BCUT2D eigenvalue weighted by Gasteiger charge is -2.34. The Morgan fingerprint density at radius 3 is 2.48 bits per heavy atom. The highest BCUT2D eigenvalue weighted by Gasteiger charge is 2.29. The maximum Gasteiger partial charge on any atom is 0.401 e. The average molecular weight is 510 g/mol. The normalized spacial score (nSPS) is 16.6. The number of nitrogens with one attached hydrogen (secondary N) is 1. The van der Waals surface area contributed by atoms with Gasteiger partial charge < -0.3 is 19.7 Å². The van der Waals surface area contributed by atoms with Crippen LogP contribution in [0.2, 0.25) is 0 Å². The van der Waals surface area contributed by atoms with E-state index in [1.807, 2.05) is 6.92 Å². The van der Waals surface area contributed by atoms with Gasteiger partial charge in [0.25, 0.3) is 0 Å². The minimum atomic E-state index is -4.17. The largest absolute Gasteiger partial charge is 0.401 e. The van der Waals surface area contributed by atoms with Crippen LogP contribution in [-0.4, -0.2) is 94.7 Å². The van der Waals surface area contributed by atoms with Crippen LogP contribution in [-0.2, 0) is 9.47 Å². The van der Waals surface area contributed by atoms with Crippen LogP contribution in [0.5, 0.6) is 0 Å². The molecule has 1 rings (SSSR count). The van der Waals surface area contributed by atoms with Crippen LogP contribution in [0.15, 0.2) is 4.99 Å². The van der Waals surface area contributed by atoms with Gasteiger partial charge in [-0.05, 0) is 33.2 Å². The number of methoxy groups -OCH3 is 1. The lowest BCUT2D eigenvalue weighted by molar-refractivity contribution is -0.142. The molecule has 0 unspecified atom stereocenters. The van der Waals surface area contributed by atoms with Crippen molar-refractivity contribution in [3.05, 3.63) is 0 Å². The molecule has 162 valence electrons. The molecule has 1 aliphatic rings. The molecule has 0 saturated carbocycles. The van der Waals surface area contributed by atoms with Crippen LogP contribution >= 0.6 is 24.0 Å². The molecule has 1 heterocycles. The Kier molecular flexibility index (Phi) is 14.5. The van der Waals surface area contributed by atoms with E-state index in [0.29, 0.717) is 19.8 Å². The van der Waals surface area contributed by atoms with Gasteiger partial charge in [0.05, 0.1) is 19.2 Å². The van der Waals surface area contributed by atoms with E-state index in [0.717, 1.165) is 44.9 Å². The molecule has 10 heteroatoms. The molecule has 6 nitrogen and oxygen atoms in total. The van der Waals surface area contributed by atoms with Crippen molar-refractivity contribution in [1.82, 2.24) is 15.1 Å². The lowest BCUT2D eigenvalue weighted by atomic mass is 10.1. The fraction of sp³-hybridized carbons (Fsp3) is 0.941. The molecule has 0 spiro atoms. The van der Waals surface area contributed by atoms with Crippen LogP contribution in [0.1, 0.15) is 26.2 Å². The molecule has 0 amide bonds. The number of ether oxygens (including phenoxy) is 2. The molecule has 0 aliphatic carbocycles. The zero-order valence-electron chi connectivity index (χ0n) is 16.6. The lowest BCUT2D eigenvalue weighted by Crippen LogP contribution is -2.47. The molecule has 0 radical (unpaired) electrons. The summed E-state index contributed by atoms with van der Waals surface area (Å²) in [5.41, 5.74) is 0. The number of nitrogens with zero attached hydrogens (tertiary/aromatic N) is 3. The molecule has 1 aliphatic heterocycles. The van der Waals surface area contributed by atoms with Crippen LogP contribution in [0, 0.1) is 0 Å². The van der Waals surface area contributed by atoms with Crippen LogP contribution in [0.4, 0.5) is 13.2 Å². The van der Waals surface area contributed by atoms with E-state index < -0.39 is 12.7 Å². The van der Waals surface area contributed by atoms with Crippen LogP contribution in [0.25, 0.3) is 0 Å². The SMILES string of the molecule is CCNC(=NCCN(C)CC(F)(F)F)N1CCC(OCCCOC)CC1.I. The van der Waals surface area contributed by atoms with Gasteiger partial charge >= 0.3 is 6.18 Å². The summed E-state index contributed by atoms with van der Waals surface area (Å²) in [5.74, 6) is 0.769. The fourth-order valence-corrected chi connectivity index (χ4v) is 2.83. The number of likely N-dealkylation sites (tertiary alicyclic amines) is 1. The third kappa shape index (κ3) is 12.7. The predicted molar refractivity (Wildman–Crippen MR) is 112 cm³/mol.